The number of imide groups is 1. The molecule has 0 saturated heterocycles. The zero-order chi connectivity index (χ0) is 18.7. The van der Waals surface area contributed by atoms with E-state index in [1.54, 1.807) is 42.5 Å². The van der Waals surface area contributed by atoms with Gasteiger partial charge in [-0.25, -0.2) is 4.39 Å². The number of rotatable bonds is 6. The van der Waals surface area contributed by atoms with E-state index < -0.39 is 17.6 Å². The Kier molecular flexibility index (Phi) is 5.42. The summed E-state index contributed by atoms with van der Waals surface area (Å²) in [5, 5.41) is 0. The van der Waals surface area contributed by atoms with Gasteiger partial charge in [-0.1, -0.05) is 43.3 Å². The molecule has 1 aliphatic heterocycles. The van der Waals surface area contributed by atoms with Crippen molar-refractivity contribution in [2.24, 2.45) is 0 Å². The third-order valence-electron chi connectivity index (χ3n) is 4.08. The zero-order valence-corrected chi connectivity index (χ0v) is 15.3. The Hall–Kier alpha value is -2.60. The van der Waals surface area contributed by atoms with Crippen molar-refractivity contribution < 1.29 is 18.7 Å². The van der Waals surface area contributed by atoms with Gasteiger partial charge in [-0.2, -0.15) is 0 Å². The highest BCUT2D eigenvalue weighted by Gasteiger charge is 2.40. The molecular weight excluding hydrogens is 353 g/mol. The van der Waals surface area contributed by atoms with Crippen LogP contribution in [-0.4, -0.2) is 29.6 Å². The summed E-state index contributed by atoms with van der Waals surface area (Å²) < 4.78 is 19.3. The summed E-state index contributed by atoms with van der Waals surface area (Å²) >= 11 is 1.31. The summed E-state index contributed by atoms with van der Waals surface area (Å²) in [7, 11) is 1.52. The van der Waals surface area contributed by atoms with Gasteiger partial charge in [0, 0.05) is 11.1 Å². The van der Waals surface area contributed by atoms with Crippen molar-refractivity contribution in [2.45, 2.75) is 13.5 Å². The molecular formula is C20H18FNO3S. The Morgan fingerprint density at radius 3 is 2.42 bits per heavy atom. The summed E-state index contributed by atoms with van der Waals surface area (Å²) in [5.41, 5.74) is 1.19. The predicted octanol–water partition coefficient (Wildman–Crippen LogP) is 3.87. The Morgan fingerprint density at radius 1 is 1.04 bits per heavy atom. The van der Waals surface area contributed by atoms with Gasteiger partial charge in [-0.05, 0) is 17.9 Å². The van der Waals surface area contributed by atoms with Crippen LogP contribution in [0.3, 0.4) is 0 Å². The molecule has 2 aromatic carbocycles. The normalized spacial score (nSPS) is 14.3. The van der Waals surface area contributed by atoms with E-state index in [0.717, 1.165) is 4.90 Å². The van der Waals surface area contributed by atoms with E-state index in [9.17, 15) is 14.0 Å². The molecule has 0 aromatic heterocycles. The van der Waals surface area contributed by atoms with Crippen molar-refractivity contribution in [3.63, 3.8) is 0 Å². The van der Waals surface area contributed by atoms with Gasteiger partial charge in [0.2, 0.25) is 0 Å². The number of carbonyl (C=O) groups excluding carboxylic acids is 2. The number of ether oxygens (including phenoxy) is 1. The van der Waals surface area contributed by atoms with Crippen LogP contribution in [0.5, 0.6) is 5.75 Å². The number of carbonyl (C=O) groups is 2. The number of para-hydroxylation sites is 1. The molecule has 134 valence electrons. The minimum atomic E-state index is -0.441. The molecule has 0 fully saturated rings. The van der Waals surface area contributed by atoms with Gasteiger partial charge >= 0.3 is 0 Å². The summed E-state index contributed by atoms with van der Waals surface area (Å²) in [4.78, 5) is 27.4. The quantitative estimate of drug-likeness (QED) is 0.724. The number of nitrogens with zero attached hydrogens (tertiary/aromatic N) is 1. The highest BCUT2D eigenvalue weighted by Crippen LogP contribution is 2.39. The Labute approximate surface area is 155 Å². The van der Waals surface area contributed by atoms with Gasteiger partial charge in [0.25, 0.3) is 11.8 Å². The van der Waals surface area contributed by atoms with E-state index in [0.29, 0.717) is 33.1 Å². The number of amides is 2. The molecule has 0 radical (unpaired) electrons. The highest BCUT2D eigenvalue weighted by atomic mass is 32.2. The summed E-state index contributed by atoms with van der Waals surface area (Å²) in [6.45, 7) is 1.81. The van der Waals surface area contributed by atoms with Crippen molar-refractivity contribution >= 4 is 29.1 Å². The van der Waals surface area contributed by atoms with Gasteiger partial charge in [0.1, 0.15) is 11.6 Å². The number of halogens is 1. The number of thioether (sulfide) groups is 1. The molecule has 26 heavy (non-hydrogen) atoms. The smallest absolute Gasteiger partial charge is 0.268 e. The van der Waals surface area contributed by atoms with Crippen LogP contribution in [0.1, 0.15) is 18.1 Å². The first kappa shape index (κ1) is 18.2. The molecule has 0 spiro atoms. The third kappa shape index (κ3) is 3.24. The molecule has 0 N–H and O–H groups in total. The Morgan fingerprint density at radius 2 is 1.73 bits per heavy atom. The van der Waals surface area contributed by atoms with Crippen molar-refractivity contribution in [1.82, 2.24) is 4.90 Å². The lowest BCUT2D eigenvalue weighted by Crippen LogP contribution is -2.31. The molecule has 1 aliphatic rings. The molecule has 0 unspecified atom stereocenters. The molecule has 6 heteroatoms. The van der Waals surface area contributed by atoms with Crippen molar-refractivity contribution in [1.29, 1.82) is 0 Å². The molecule has 0 aliphatic carbocycles. The van der Waals surface area contributed by atoms with Crippen molar-refractivity contribution in [3.05, 3.63) is 70.4 Å². The molecule has 2 aromatic rings. The molecule has 4 nitrogen and oxygen atoms in total. The maximum absolute atomic E-state index is 14.0. The highest BCUT2D eigenvalue weighted by molar-refractivity contribution is 8.04. The van der Waals surface area contributed by atoms with Crippen LogP contribution in [0.25, 0.3) is 5.57 Å². The van der Waals surface area contributed by atoms with E-state index in [-0.39, 0.29) is 6.54 Å². The first-order valence-electron chi connectivity index (χ1n) is 8.18. The Bertz CT molecular complexity index is 894. The van der Waals surface area contributed by atoms with Crippen LogP contribution < -0.4 is 4.74 Å². The van der Waals surface area contributed by atoms with Crippen LogP contribution in [0, 0.1) is 5.82 Å². The number of hydrogen-bond acceptors (Lipinski definition) is 4. The van der Waals surface area contributed by atoms with Crippen LogP contribution in [0.15, 0.2) is 53.4 Å². The average Bonchev–Trinajstić information content (AvgIpc) is 2.88. The minimum Gasteiger partial charge on any atom is -0.496 e. The van der Waals surface area contributed by atoms with Crippen LogP contribution in [0.2, 0.25) is 0 Å². The lowest BCUT2D eigenvalue weighted by Gasteiger charge is -2.16. The predicted molar refractivity (Wildman–Crippen MR) is 100 cm³/mol. The largest absolute Gasteiger partial charge is 0.496 e. The lowest BCUT2D eigenvalue weighted by molar-refractivity contribution is -0.137. The SMILES string of the molecule is CCSC1=C(c2ccccc2OC)C(=O)N(Cc2ccccc2F)C1=O. The second-order valence-corrected chi connectivity index (χ2v) is 6.90. The van der Waals surface area contributed by atoms with E-state index in [4.69, 9.17) is 4.74 Å². The molecule has 2 amide bonds. The fourth-order valence-corrected chi connectivity index (χ4v) is 3.73. The molecule has 0 atom stereocenters. The third-order valence-corrected chi connectivity index (χ3v) is 5.03. The zero-order valence-electron chi connectivity index (χ0n) is 14.5. The van der Waals surface area contributed by atoms with Gasteiger partial charge in [0.05, 0.1) is 24.1 Å². The van der Waals surface area contributed by atoms with E-state index in [1.807, 2.05) is 6.92 Å². The van der Waals surface area contributed by atoms with Crippen LogP contribution in [0.4, 0.5) is 4.39 Å². The van der Waals surface area contributed by atoms with E-state index in [1.165, 1.54) is 24.9 Å². The minimum absolute atomic E-state index is 0.100. The molecule has 0 bridgehead atoms. The van der Waals surface area contributed by atoms with Gasteiger partial charge in [-0.15, -0.1) is 11.8 Å². The topological polar surface area (TPSA) is 46.6 Å². The number of hydrogen-bond donors (Lipinski definition) is 0. The second kappa shape index (κ2) is 7.74. The van der Waals surface area contributed by atoms with E-state index >= 15 is 0 Å². The maximum atomic E-state index is 14.0. The first-order valence-corrected chi connectivity index (χ1v) is 9.17. The standard InChI is InChI=1S/C20H18FNO3S/c1-3-26-18-17(14-9-5-7-11-16(14)25-2)19(23)22(20(18)24)12-13-8-4-6-10-15(13)21/h4-11H,3,12H2,1-2H3. The van der Waals surface area contributed by atoms with E-state index in [2.05, 4.69) is 0 Å². The average molecular weight is 371 g/mol. The summed E-state index contributed by atoms with van der Waals surface area (Å²) in [6, 6.07) is 13.2. The summed E-state index contributed by atoms with van der Waals surface area (Å²) in [5.74, 6) is -0.112. The fourth-order valence-electron chi connectivity index (χ4n) is 2.86. The van der Waals surface area contributed by atoms with Crippen LogP contribution in [-0.2, 0) is 16.1 Å². The monoisotopic (exact) mass is 371 g/mol. The van der Waals surface area contributed by atoms with Crippen molar-refractivity contribution in [3.8, 4) is 5.75 Å². The van der Waals surface area contributed by atoms with Gasteiger partial charge < -0.3 is 4.74 Å². The maximum Gasteiger partial charge on any atom is 0.268 e. The number of benzene rings is 2. The first-order chi connectivity index (χ1) is 12.6. The van der Waals surface area contributed by atoms with Gasteiger partial charge in [-0.3, -0.25) is 14.5 Å². The van der Waals surface area contributed by atoms with Gasteiger partial charge in [0.15, 0.2) is 0 Å². The van der Waals surface area contributed by atoms with Crippen LogP contribution >= 0.6 is 11.8 Å². The summed E-state index contributed by atoms with van der Waals surface area (Å²) in [6.07, 6.45) is 0. The lowest BCUT2D eigenvalue weighted by atomic mass is 10.0. The molecule has 1 heterocycles. The second-order valence-electron chi connectivity index (χ2n) is 5.63. The van der Waals surface area contributed by atoms with Crippen molar-refractivity contribution in [2.75, 3.05) is 12.9 Å². The Balaban J connectivity index is 2.03. The number of methoxy groups -OCH3 is 1. The molecule has 3 rings (SSSR count). The fraction of sp³-hybridized carbons (Fsp3) is 0.200. The molecule has 0 saturated carbocycles.